The fourth-order valence-electron chi connectivity index (χ4n) is 2.02. The van der Waals surface area contributed by atoms with Crippen LogP contribution in [0.15, 0.2) is 24.3 Å². The number of aliphatic hydroxyl groups is 1. The first-order valence-electron chi connectivity index (χ1n) is 5.30. The van der Waals surface area contributed by atoms with Gasteiger partial charge in [-0.25, -0.2) is 0 Å². The number of rotatable bonds is 2. The van der Waals surface area contributed by atoms with E-state index in [1.807, 2.05) is 24.3 Å². The second-order valence-electron chi connectivity index (χ2n) is 4.07. The number of fused-ring (bicyclic) bond motifs is 1. The lowest BCUT2D eigenvalue weighted by atomic mass is 10.1. The number of benzene rings is 1. The first-order chi connectivity index (χ1) is 7.59. The van der Waals surface area contributed by atoms with Crippen molar-refractivity contribution >= 4 is 21.8 Å². The molecule has 0 saturated heterocycles. The average molecular weight is 284 g/mol. The average Bonchev–Trinajstić information content (AvgIpc) is 2.55. The highest BCUT2D eigenvalue weighted by molar-refractivity contribution is 9.10. The molecule has 0 bridgehead atoms. The number of carbonyl (C=O) groups is 1. The molecule has 4 heteroatoms. The molecule has 0 aromatic heterocycles. The molecule has 2 N–H and O–H groups in total. The summed E-state index contributed by atoms with van der Waals surface area (Å²) in [5.74, 6) is -0.0965. The van der Waals surface area contributed by atoms with E-state index in [-0.39, 0.29) is 16.8 Å². The van der Waals surface area contributed by atoms with Gasteiger partial charge in [-0.05, 0) is 18.1 Å². The number of hydrogen-bond donors (Lipinski definition) is 2. The Morgan fingerprint density at radius 2 is 2.25 bits per heavy atom. The molecule has 0 heterocycles. The molecule has 2 rings (SSSR count). The van der Waals surface area contributed by atoms with Gasteiger partial charge in [0.2, 0.25) is 5.91 Å². The lowest BCUT2D eigenvalue weighted by Gasteiger charge is -2.18. The first kappa shape index (κ1) is 11.6. The summed E-state index contributed by atoms with van der Waals surface area (Å²) < 4.78 is 0. The highest BCUT2D eigenvalue weighted by atomic mass is 79.9. The smallest absolute Gasteiger partial charge is 0.234 e. The van der Waals surface area contributed by atoms with E-state index in [1.54, 1.807) is 6.92 Å². The monoisotopic (exact) mass is 283 g/mol. The fourth-order valence-corrected chi connectivity index (χ4v) is 2.15. The van der Waals surface area contributed by atoms with Crippen molar-refractivity contribution in [3.63, 3.8) is 0 Å². The second kappa shape index (κ2) is 4.55. The lowest BCUT2D eigenvalue weighted by Crippen LogP contribution is -2.37. The lowest BCUT2D eigenvalue weighted by molar-refractivity contribution is -0.121. The third-order valence-corrected chi connectivity index (χ3v) is 3.28. The Balaban J connectivity index is 2.19. The maximum Gasteiger partial charge on any atom is 0.234 e. The molecule has 0 saturated carbocycles. The molecule has 86 valence electrons. The summed E-state index contributed by atoms with van der Waals surface area (Å²) in [4.78, 5) is 11.3. The Kier molecular flexibility index (Phi) is 3.30. The molecule has 0 fully saturated rings. The largest absolute Gasteiger partial charge is 0.390 e. The van der Waals surface area contributed by atoms with E-state index in [1.165, 1.54) is 0 Å². The summed E-state index contributed by atoms with van der Waals surface area (Å²) in [7, 11) is 0. The summed E-state index contributed by atoms with van der Waals surface area (Å²) in [6, 6.07) is 7.54. The first-order valence-corrected chi connectivity index (χ1v) is 6.21. The van der Waals surface area contributed by atoms with Crippen LogP contribution in [0.3, 0.4) is 0 Å². The standard InChI is InChI=1S/C12H14BrNO2/c1-7(13)12(16)14-11-9-5-3-2-4-8(9)6-10(11)15/h2-5,7,10-11,15H,6H2,1H3,(H,14,16)/t7?,10-,11+/m0/s1. The maximum absolute atomic E-state index is 11.6. The molecule has 1 aromatic rings. The summed E-state index contributed by atoms with van der Waals surface area (Å²) >= 11 is 3.21. The van der Waals surface area contributed by atoms with Gasteiger partial charge in [-0.15, -0.1) is 0 Å². The van der Waals surface area contributed by atoms with Gasteiger partial charge in [0.15, 0.2) is 0 Å². The van der Waals surface area contributed by atoms with Gasteiger partial charge in [0.1, 0.15) is 0 Å². The SMILES string of the molecule is CC(Br)C(=O)N[C@@H]1c2ccccc2C[C@@H]1O. The number of nitrogens with one attached hydrogen (secondary N) is 1. The van der Waals surface area contributed by atoms with Crippen LogP contribution in [0.25, 0.3) is 0 Å². The molecule has 1 aliphatic carbocycles. The molecule has 16 heavy (non-hydrogen) atoms. The number of carbonyl (C=O) groups excluding carboxylic acids is 1. The van der Waals surface area contributed by atoms with Gasteiger partial charge >= 0.3 is 0 Å². The molecule has 1 amide bonds. The summed E-state index contributed by atoms with van der Waals surface area (Å²) in [6.45, 7) is 1.77. The van der Waals surface area contributed by atoms with Crippen LogP contribution in [-0.2, 0) is 11.2 Å². The van der Waals surface area contributed by atoms with Crippen molar-refractivity contribution in [2.45, 2.75) is 30.3 Å². The van der Waals surface area contributed by atoms with Crippen LogP contribution in [-0.4, -0.2) is 21.9 Å². The van der Waals surface area contributed by atoms with E-state index >= 15 is 0 Å². The van der Waals surface area contributed by atoms with Crippen LogP contribution < -0.4 is 5.32 Å². The number of hydrogen-bond acceptors (Lipinski definition) is 2. The second-order valence-corrected chi connectivity index (χ2v) is 5.45. The zero-order valence-electron chi connectivity index (χ0n) is 8.98. The Bertz CT molecular complexity index is 406. The van der Waals surface area contributed by atoms with E-state index in [2.05, 4.69) is 21.2 Å². The number of alkyl halides is 1. The Labute approximate surface area is 103 Å². The highest BCUT2D eigenvalue weighted by Gasteiger charge is 2.32. The zero-order valence-corrected chi connectivity index (χ0v) is 10.6. The third kappa shape index (κ3) is 2.13. The van der Waals surface area contributed by atoms with Crippen molar-refractivity contribution in [1.82, 2.24) is 5.32 Å². The van der Waals surface area contributed by atoms with Crippen molar-refractivity contribution in [2.24, 2.45) is 0 Å². The van der Waals surface area contributed by atoms with Gasteiger partial charge in [0.05, 0.1) is 17.0 Å². The van der Waals surface area contributed by atoms with Crippen LogP contribution in [0.5, 0.6) is 0 Å². The van der Waals surface area contributed by atoms with E-state index in [0.29, 0.717) is 6.42 Å². The molecule has 3 nitrogen and oxygen atoms in total. The third-order valence-electron chi connectivity index (χ3n) is 2.86. The van der Waals surface area contributed by atoms with Crippen LogP contribution in [0.1, 0.15) is 24.1 Å². The van der Waals surface area contributed by atoms with Crippen molar-refractivity contribution in [3.8, 4) is 0 Å². The van der Waals surface area contributed by atoms with Gasteiger partial charge < -0.3 is 10.4 Å². The van der Waals surface area contributed by atoms with E-state index in [4.69, 9.17) is 0 Å². The molecular weight excluding hydrogens is 270 g/mol. The maximum atomic E-state index is 11.6. The van der Waals surface area contributed by atoms with Crippen molar-refractivity contribution in [2.75, 3.05) is 0 Å². The molecule has 1 unspecified atom stereocenters. The number of halogens is 1. The molecule has 0 radical (unpaired) electrons. The highest BCUT2D eigenvalue weighted by Crippen LogP contribution is 2.31. The van der Waals surface area contributed by atoms with Crippen LogP contribution >= 0.6 is 15.9 Å². The quantitative estimate of drug-likeness (QED) is 0.809. The molecule has 0 aliphatic heterocycles. The van der Waals surface area contributed by atoms with Gasteiger partial charge in [-0.1, -0.05) is 40.2 Å². The molecular formula is C12H14BrNO2. The molecule has 1 aromatic carbocycles. The van der Waals surface area contributed by atoms with Crippen LogP contribution in [0, 0.1) is 0 Å². The predicted octanol–water partition coefficient (Wildman–Crippen LogP) is 1.54. The van der Waals surface area contributed by atoms with Crippen molar-refractivity contribution in [1.29, 1.82) is 0 Å². The van der Waals surface area contributed by atoms with Gasteiger partial charge in [0, 0.05) is 6.42 Å². The zero-order chi connectivity index (χ0) is 11.7. The minimum absolute atomic E-state index is 0.0965. The summed E-state index contributed by atoms with van der Waals surface area (Å²) in [5, 5.41) is 12.8. The van der Waals surface area contributed by atoms with Gasteiger partial charge in [-0.3, -0.25) is 4.79 Å². The van der Waals surface area contributed by atoms with E-state index in [9.17, 15) is 9.90 Å². The van der Waals surface area contributed by atoms with Gasteiger partial charge in [-0.2, -0.15) is 0 Å². The summed E-state index contributed by atoms with van der Waals surface area (Å²) in [5.41, 5.74) is 2.14. The molecule has 3 atom stereocenters. The number of aliphatic hydroxyl groups excluding tert-OH is 1. The predicted molar refractivity (Wildman–Crippen MR) is 65.4 cm³/mol. The van der Waals surface area contributed by atoms with Crippen LogP contribution in [0.2, 0.25) is 0 Å². The van der Waals surface area contributed by atoms with Gasteiger partial charge in [0.25, 0.3) is 0 Å². The Morgan fingerprint density at radius 1 is 1.56 bits per heavy atom. The minimum Gasteiger partial charge on any atom is -0.390 e. The van der Waals surface area contributed by atoms with Crippen molar-refractivity contribution in [3.05, 3.63) is 35.4 Å². The van der Waals surface area contributed by atoms with Crippen molar-refractivity contribution < 1.29 is 9.90 Å². The van der Waals surface area contributed by atoms with E-state index < -0.39 is 6.10 Å². The number of amides is 1. The molecule has 0 spiro atoms. The topological polar surface area (TPSA) is 49.3 Å². The minimum atomic E-state index is -0.521. The Morgan fingerprint density at radius 3 is 2.94 bits per heavy atom. The Hall–Kier alpha value is -0.870. The molecule has 1 aliphatic rings. The fraction of sp³-hybridized carbons (Fsp3) is 0.417. The summed E-state index contributed by atoms with van der Waals surface area (Å²) in [6.07, 6.45) is 0.0882. The normalized spacial score (nSPS) is 24.9. The van der Waals surface area contributed by atoms with E-state index in [0.717, 1.165) is 11.1 Å². The van der Waals surface area contributed by atoms with Crippen LogP contribution in [0.4, 0.5) is 0 Å².